The minimum absolute atomic E-state index is 0.633. The first-order chi connectivity index (χ1) is 12.1. The number of benzene rings is 1. The zero-order valence-corrected chi connectivity index (χ0v) is 14.6. The summed E-state index contributed by atoms with van der Waals surface area (Å²) in [5.74, 6) is 0.903. The Kier molecular flexibility index (Phi) is 3.72. The molecule has 0 aliphatic carbocycles. The van der Waals surface area contributed by atoms with Crippen molar-refractivity contribution in [2.24, 2.45) is 7.05 Å². The summed E-state index contributed by atoms with van der Waals surface area (Å²) in [4.78, 5) is 4.74. The maximum absolute atomic E-state index is 4.74. The Morgan fingerprint density at radius 1 is 1.00 bits per heavy atom. The average molecular weight is 332 g/mol. The molecule has 0 fully saturated rings. The number of hydrogen-bond acceptors (Lipinski definition) is 4. The second-order valence-electron chi connectivity index (χ2n) is 6.20. The van der Waals surface area contributed by atoms with Crippen LogP contribution in [0.5, 0.6) is 0 Å². The Morgan fingerprint density at radius 2 is 1.80 bits per heavy atom. The first kappa shape index (κ1) is 15.4. The van der Waals surface area contributed by atoms with Crippen LogP contribution in [0.4, 0.5) is 5.82 Å². The number of aryl methyl sites for hydroxylation is 3. The van der Waals surface area contributed by atoms with E-state index in [0.29, 0.717) is 6.54 Å². The number of hydrogen-bond donors (Lipinski definition) is 1. The van der Waals surface area contributed by atoms with Crippen LogP contribution in [0.2, 0.25) is 0 Å². The monoisotopic (exact) mass is 332 g/mol. The molecule has 0 aliphatic rings. The van der Waals surface area contributed by atoms with Crippen molar-refractivity contribution in [3.05, 3.63) is 65.6 Å². The molecule has 6 nitrogen and oxygen atoms in total. The summed E-state index contributed by atoms with van der Waals surface area (Å²) in [7, 11) is 1.95. The predicted octanol–water partition coefficient (Wildman–Crippen LogP) is 3.36. The molecule has 0 spiro atoms. The van der Waals surface area contributed by atoms with E-state index in [1.165, 1.54) is 0 Å². The molecule has 0 saturated carbocycles. The molecule has 0 saturated heterocycles. The number of anilines is 1. The van der Waals surface area contributed by atoms with Gasteiger partial charge in [0.05, 0.1) is 23.6 Å². The third kappa shape index (κ3) is 2.98. The van der Waals surface area contributed by atoms with E-state index < -0.39 is 0 Å². The van der Waals surface area contributed by atoms with Crippen molar-refractivity contribution in [1.29, 1.82) is 0 Å². The molecular formula is C19H20N6. The molecule has 0 bridgehead atoms. The van der Waals surface area contributed by atoms with Crippen LogP contribution < -0.4 is 5.32 Å². The van der Waals surface area contributed by atoms with Gasteiger partial charge in [0.2, 0.25) is 0 Å². The van der Waals surface area contributed by atoms with Gasteiger partial charge in [0.1, 0.15) is 5.82 Å². The Bertz CT molecular complexity index is 1010. The van der Waals surface area contributed by atoms with E-state index in [4.69, 9.17) is 4.98 Å². The molecular weight excluding hydrogens is 312 g/mol. The third-order valence-electron chi connectivity index (χ3n) is 4.23. The first-order valence-corrected chi connectivity index (χ1v) is 8.26. The highest BCUT2D eigenvalue weighted by Crippen LogP contribution is 2.23. The van der Waals surface area contributed by atoms with Crippen LogP contribution in [-0.2, 0) is 13.6 Å². The van der Waals surface area contributed by atoms with Gasteiger partial charge in [-0.1, -0.05) is 30.3 Å². The van der Waals surface area contributed by atoms with Crippen molar-refractivity contribution in [2.45, 2.75) is 20.4 Å². The van der Waals surface area contributed by atoms with Crippen molar-refractivity contribution in [1.82, 2.24) is 24.4 Å². The smallest absolute Gasteiger partial charge is 0.158 e. The first-order valence-electron chi connectivity index (χ1n) is 8.26. The van der Waals surface area contributed by atoms with Gasteiger partial charge in [-0.2, -0.15) is 14.7 Å². The topological polar surface area (TPSA) is 60.0 Å². The highest BCUT2D eigenvalue weighted by molar-refractivity contribution is 5.66. The fourth-order valence-electron chi connectivity index (χ4n) is 2.87. The van der Waals surface area contributed by atoms with Gasteiger partial charge in [0, 0.05) is 30.4 Å². The van der Waals surface area contributed by atoms with E-state index in [9.17, 15) is 0 Å². The van der Waals surface area contributed by atoms with Crippen molar-refractivity contribution in [3.63, 3.8) is 0 Å². The molecule has 1 aromatic carbocycles. The molecule has 0 radical (unpaired) electrons. The summed E-state index contributed by atoms with van der Waals surface area (Å²) in [5.41, 5.74) is 5.91. The molecule has 0 atom stereocenters. The van der Waals surface area contributed by atoms with Gasteiger partial charge in [-0.05, 0) is 19.9 Å². The lowest BCUT2D eigenvalue weighted by atomic mass is 10.1. The highest BCUT2D eigenvalue weighted by Gasteiger charge is 2.10. The van der Waals surface area contributed by atoms with Crippen LogP contribution in [-0.4, -0.2) is 24.4 Å². The number of rotatable bonds is 4. The molecule has 0 amide bonds. The Morgan fingerprint density at radius 3 is 2.52 bits per heavy atom. The Hall–Kier alpha value is -3.15. The summed E-state index contributed by atoms with van der Waals surface area (Å²) in [6.07, 6.45) is 0. The zero-order chi connectivity index (χ0) is 17.4. The van der Waals surface area contributed by atoms with Crippen LogP contribution in [0.3, 0.4) is 0 Å². The molecule has 6 heteroatoms. The molecule has 4 rings (SSSR count). The number of aromatic nitrogens is 5. The highest BCUT2D eigenvalue weighted by atomic mass is 15.3. The minimum Gasteiger partial charge on any atom is -0.364 e. The zero-order valence-electron chi connectivity index (χ0n) is 14.6. The van der Waals surface area contributed by atoms with E-state index >= 15 is 0 Å². The largest absolute Gasteiger partial charge is 0.364 e. The van der Waals surface area contributed by atoms with Gasteiger partial charge in [-0.3, -0.25) is 4.68 Å². The van der Waals surface area contributed by atoms with Crippen molar-refractivity contribution in [2.75, 3.05) is 5.32 Å². The molecule has 4 aromatic rings. The third-order valence-corrected chi connectivity index (χ3v) is 4.23. The maximum Gasteiger partial charge on any atom is 0.158 e. The fraction of sp³-hybridized carbons (Fsp3) is 0.211. The molecule has 25 heavy (non-hydrogen) atoms. The van der Waals surface area contributed by atoms with Crippen LogP contribution in [0.15, 0.2) is 48.5 Å². The fourth-order valence-corrected chi connectivity index (χ4v) is 2.87. The number of nitrogens with one attached hydrogen (secondary N) is 1. The second kappa shape index (κ2) is 6.05. The summed E-state index contributed by atoms with van der Waals surface area (Å²) in [5, 5.41) is 12.5. The second-order valence-corrected chi connectivity index (χ2v) is 6.20. The van der Waals surface area contributed by atoms with E-state index in [1.54, 1.807) is 0 Å². The number of fused-ring (bicyclic) bond motifs is 1. The minimum atomic E-state index is 0.633. The molecule has 3 heterocycles. The Labute approximate surface area is 146 Å². The number of nitrogens with zero attached hydrogens (tertiary/aromatic N) is 5. The maximum atomic E-state index is 4.74. The summed E-state index contributed by atoms with van der Waals surface area (Å²) in [6.45, 7) is 4.65. The van der Waals surface area contributed by atoms with Gasteiger partial charge >= 0.3 is 0 Å². The van der Waals surface area contributed by atoms with Gasteiger partial charge in [0.25, 0.3) is 0 Å². The van der Waals surface area contributed by atoms with Gasteiger partial charge in [0.15, 0.2) is 5.65 Å². The lowest BCUT2D eigenvalue weighted by Crippen LogP contribution is -2.07. The van der Waals surface area contributed by atoms with Crippen LogP contribution in [0.1, 0.15) is 17.1 Å². The van der Waals surface area contributed by atoms with Crippen LogP contribution >= 0.6 is 0 Å². The van der Waals surface area contributed by atoms with E-state index in [1.807, 2.05) is 60.4 Å². The van der Waals surface area contributed by atoms with Crippen LogP contribution in [0.25, 0.3) is 16.9 Å². The summed E-state index contributed by atoms with van der Waals surface area (Å²) >= 11 is 0. The standard InChI is InChI=1S/C19H20N6/c1-13-9-19-21-17(15-7-5-4-6-8-15)11-18(25(19)22-13)20-12-16-10-14(2)24(3)23-16/h4-11,20H,12H2,1-3H3. The molecule has 1 N–H and O–H groups in total. The van der Waals surface area contributed by atoms with Crippen molar-refractivity contribution < 1.29 is 0 Å². The molecule has 0 unspecified atom stereocenters. The average Bonchev–Trinajstić information content (AvgIpc) is 3.14. The molecule has 126 valence electrons. The van der Waals surface area contributed by atoms with Gasteiger partial charge in [-0.25, -0.2) is 4.98 Å². The van der Waals surface area contributed by atoms with Crippen molar-refractivity contribution in [3.8, 4) is 11.3 Å². The van der Waals surface area contributed by atoms with Crippen LogP contribution in [0, 0.1) is 13.8 Å². The van der Waals surface area contributed by atoms with Crippen molar-refractivity contribution >= 4 is 11.5 Å². The molecule has 3 aromatic heterocycles. The van der Waals surface area contributed by atoms with Gasteiger partial charge in [-0.15, -0.1) is 0 Å². The lowest BCUT2D eigenvalue weighted by molar-refractivity contribution is 0.723. The lowest BCUT2D eigenvalue weighted by Gasteiger charge is -2.10. The predicted molar refractivity (Wildman–Crippen MR) is 98.4 cm³/mol. The van der Waals surface area contributed by atoms with E-state index in [-0.39, 0.29) is 0 Å². The van der Waals surface area contributed by atoms with E-state index in [0.717, 1.165) is 39.8 Å². The summed E-state index contributed by atoms with van der Waals surface area (Å²) < 4.78 is 3.73. The SMILES string of the molecule is Cc1cc2nc(-c3ccccc3)cc(NCc3cc(C)n(C)n3)n2n1. The summed E-state index contributed by atoms with van der Waals surface area (Å²) in [6, 6.07) is 16.3. The quantitative estimate of drug-likeness (QED) is 0.622. The molecule has 0 aliphatic heterocycles. The Balaban J connectivity index is 1.73. The normalized spacial score (nSPS) is 11.2. The van der Waals surface area contributed by atoms with Gasteiger partial charge < -0.3 is 5.32 Å². The van der Waals surface area contributed by atoms with E-state index in [2.05, 4.69) is 33.7 Å².